The molecule has 2 heteroatoms. The van der Waals surface area contributed by atoms with Crippen molar-refractivity contribution >= 4 is 0 Å². The van der Waals surface area contributed by atoms with Gasteiger partial charge in [0.15, 0.2) is 0 Å². The number of aryl methyl sites for hydroxylation is 1. The Hall–Kier alpha value is -0.890. The Bertz CT molecular complexity index is 253. The topological polar surface area (TPSA) is 38.9 Å². The molecule has 1 aromatic rings. The molecule has 2 atom stereocenters. The Balaban J connectivity index is 2.21. The molecule has 1 heterocycles. The molecule has 2 nitrogen and oxygen atoms in total. The van der Waals surface area contributed by atoms with Gasteiger partial charge < -0.3 is 5.73 Å². The second-order valence-corrected chi connectivity index (χ2v) is 3.24. The highest BCUT2D eigenvalue weighted by Gasteiger charge is 2.34. The molecule has 0 spiro atoms. The predicted molar refractivity (Wildman–Crippen MR) is 44.3 cm³/mol. The van der Waals surface area contributed by atoms with E-state index in [0.29, 0.717) is 12.0 Å². The number of nitrogens with two attached hydrogens (primary N) is 1. The number of aromatic nitrogens is 1. The zero-order valence-corrected chi connectivity index (χ0v) is 6.62. The maximum absolute atomic E-state index is 5.71. The van der Waals surface area contributed by atoms with Gasteiger partial charge in [-0.05, 0) is 25.0 Å². The van der Waals surface area contributed by atoms with E-state index in [1.165, 1.54) is 5.56 Å². The zero-order valence-electron chi connectivity index (χ0n) is 6.62. The van der Waals surface area contributed by atoms with Crippen molar-refractivity contribution in [3.8, 4) is 0 Å². The second kappa shape index (κ2) is 2.31. The van der Waals surface area contributed by atoms with Crippen LogP contribution in [0.15, 0.2) is 18.3 Å². The fraction of sp³-hybridized carbons (Fsp3) is 0.444. The van der Waals surface area contributed by atoms with Crippen LogP contribution in [0.5, 0.6) is 0 Å². The first-order chi connectivity index (χ1) is 5.27. The van der Waals surface area contributed by atoms with Gasteiger partial charge in [-0.25, -0.2) is 0 Å². The van der Waals surface area contributed by atoms with Gasteiger partial charge in [-0.3, -0.25) is 4.98 Å². The lowest BCUT2D eigenvalue weighted by molar-refractivity contribution is 0.975. The van der Waals surface area contributed by atoms with Crippen LogP contribution in [0.2, 0.25) is 0 Å². The van der Waals surface area contributed by atoms with Gasteiger partial charge in [-0.15, -0.1) is 0 Å². The largest absolute Gasteiger partial charge is 0.327 e. The summed E-state index contributed by atoms with van der Waals surface area (Å²) in [5, 5.41) is 0. The van der Waals surface area contributed by atoms with Gasteiger partial charge in [-0.2, -0.15) is 0 Å². The molecule has 58 valence electrons. The van der Waals surface area contributed by atoms with E-state index in [2.05, 4.69) is 11.1 Å². The van der Waals surface area contributed by atoms with Crippen molar-refractivity contribution in [2.24, 2.45) is 5.73 Å². The molecule has 0 unspecified atom stereocenters. The lowest BCUT2D eigenvalue weighted by atomic mass is 10.2. The summed E-state index contributed by atoms with van der Waals surface area (Å²) < 4.78 is 0. The van der Waals surface area contributed by atoms with E-state index in [4.69, 9.17) is 5.73 Å². The fourth-order valence-corrected chi connectivity index (χ4v) is 1.30. The molecule has 0 aromatic carbocycles. The van der Waals surface area contributed by atoms with Crippen molar-refractivity contribution in [3.63, 3.8) is 0 Å². The van der Waals surface area contributed by atoms with Gasteiger partial charge in [0, 0.05) is 23.9 Å². The Kier molecular flexibility index (Phi) is 1.43. The quantitative estimate of drug-likeness (QED) is 0.650. The Morgan fingerprint density at radius 1 is 1.55 bits per heavy atom. The van der Waals surface area contributed by atoms with E-state index in [1.54, 1.807) is 0 Å². The number of rotatable bonds is 1. The second-order valence-electron chi connectivity index (χ2n) is 3.24. The average molecular weight is 148 g/mol. The van der Waals surface area contributed by atoms with E-state index in [1.807, 2.05) is 19.2 Å². The summed E-state index contributed by atoms with van der Waals surface area (Å²) in [6.07, 6.45) is 3.07. The number of nitrogens with zero attached hydrogens (tertiary/aromatic N) is 1. The third kappa shape index (κ3) is 1.26. The first kappa shape index (κ1) is 6.80. The highest BCUT2D eigenvalue weighted by Crippen LogP contribution is 2.38. The summed E-state index contributed by atoms with van der Waals surface area (Å²) in [5.74, 6) is 0.586. The van der Waals surface area contributed by atoms with Gasteiger partial charge in [-0.1, -0.05) is 6.07 Å². The monoisotopic (exact) mass is 148 g/mol. The molecule has 0 amide bonds. The maximum Gasteiger partial charge on any atom is 0.0372 e. The van der Waals surface area contributed by atoms with E-state index in [-0.39, 0.29) is 0 Å². The van der Waals surface area contributed by atoms with E-state index < -0.39 is 0 Å². The molecular weight excluding hydrogens is 136 g/mol. The van der Waals surface area contributed by atoms with Crippen molar-refractivity contribution in [2.45, 2.75) is 25.3 Å². The third-order valence-corrected chi connectivity index (χ3v) is 2.20. The summed E-state index contributed by atoms with van der Waals surface area (Å²) in [7, 11) is 0. The van der Waals surface area contributed by atoms with Crippen LogP contribution in [0.4, 0.5) is 0 Å². The van der Waals surface area contributed by atoms with Crippen LogP contribution in [0.25, 0.3) is 0 Å². The van der Waals surface area contributed by atoms with Gasteiger partial charge in [0.2, 0.25) is 0 Å². The van der Waals surface area contributed by atoms with Crippen LogP contribution >= 0.6 is 0 Å². The molecular formula is C9H12N2. The number of hydrogen-bond donors (Lipinski definition) is 1. The highest BCUT2D eigenvalue weighted by molar-refractivity contribution is 5.25. The average Bonchev–Trinajstić information content (AvgIpc) is 2.69. The Morgan fingerprint density at radius 3 is 2.73 bits per heavy atom. The van der Waals surface area contributed by atoms with Crippen molar-refractivity contribution < 1.29 is 0 Å². The minimum Gasteiger partial charge on any atom is -0.327 e. The van der Waals surface area contributed by atoms with Crippen molar-refractivity contribution in [1.82, 2.24) is 4.98 Å². The van der Waals surface area contributed by atoms with Gasteiger partial charge >= 0.3 is 0 Å². The number of pyridine rings is 1. The van der Waals surface area contributed by atoms with Gasteiger partial charge in [0.1, 0.15) is 0 Å². The smallest absolute Gasteiger partial charge is 0.0372 e. The normalized spacial score (nSPS) is 28.5. The van der Waals surface area contributed by atoms with Crippen LogP contribution in [0.1, 0.15) is 23.6 Å². The van der Waals surface area contributed by atoms with E-state index in [9.17, 15) is 0 Å². The summed E-state index contributed by atoms with van der Waals surface area (Å²) in [6.45, 7) is 2.00. The first-order valence-electron chi connectivity index (χ1n) is 3.95. The molecule has 0 saturated heterocycles. The van der Waals surface area contributed by atoms with Crippen LogP contribution in [-0.2, 0) is 0 Å². The Morgan fingerprint density at radius 2 is 2.27 bits per heavy atom. The first-order valence-corrected chi connectivity index (χ1v) is 3.95. The van der Waals surface area contributed by atoms with Gasteiger partial charge in [0.05, 0.1) is 0 Å². The van der Waals surface area contributed by atoms with Crippen LogP contribution in [0, 0.1) is 6.92 Å². The molecule has 1 aliphatic rings. The van der Waals surface area contributed by atoms with Crippen LogP contribution in [0.3, 0.4) is 0 Å². The molecule has 0 aliphatic heterocycles. The van der Waals surface area contributed by atoms with Crippen LogP contribution < -0.4 is 5.73 Å². The van der Waals surface area contributed by atoms with Crippen molar-refractivity contribution in [3.05, 3.63) is 29.6 Å². The fourth-order valence-electron chi connectivity index (χ4n) is 1.30. The molecule has 1 fully saturated rings. The van der Waals surface area contributed by atoms with Gasteiger partial charge in [0.25, 0.3) is 0 Å². The standard InChI is InChI=1S/C9H12N2/c1-6-2-3-7(5-11-6)8-4-9(8)10/h2-3,5,8-9H,4,10H2,1H3/t8-,9+/m0/s1. The van der Waals surface area contributed by atoms with Crippen molar-refractivity contribution in [2.75, 3.05) is 0 Å². The minimum atomic E-state index is 0.388. The predicted octanol–water partition coefficient (Wildman–Crippen LogP) is 1.20. The highest BCUT2D eigenvalue weighted by atomic mass is 14.8. The molecule has 0 bridgehead atoms. The molecule has 11 heavy (non-hydrogen) atoms. The zero-order chi connectivity index (χ0) is 7.84. The maximum atomic E-state index is 5.71. The molecule has 1 aliphatic carbocycles. The SMILES string of the molecule is Cc1ccc([C@@H]2C[C@H]2N)cn1. The summed E-state index contributed by atoms with van der Waals surface area (Å²) in [5.41, 5.74) is 8.08. The number of hydrogen-bond acceptors (Lipinski definition) is 2. The summed E-state index contributed by atoms with van der Waals surface area (Å²) in [4.78, 5) is 4.22. The lowest BCUT2D eigenvalue weighted by Crippen LogP contribution is -2.01. The molecule has 2 N–H and O–H groups in total. The molecule has 2 rings (SSSR count). The molecule has 1 saturated carbocycles. The summed E-state index contributed by atoms with van der Waals surface area (Å²) in [6, 6.07) is 4.56. The van der Waals surface area contributed by atoms with Crippen molar-refractivity contribution in [1.29, 1.82) is 0 Å². The molecule has 1 aromatic heterocycles. The van der Waals surface area contributed by atoms with E-state index >= 15 is 0 Å². The molecule has 0 radical (unpaired) electrons. The minimum absolute atomic E-state index is 0.388. The summed E-state index contributed by atoms with van der Waals surface area (Å²) >= 11 is 0. The Labute approximate surface area is 66.4 Å². The lowest BCUT2D eigenvalue weighted by Gasteiger charge is -1.96. The van der Waals surface area contributed by atoms with E-state index in [0.717, 1.165) is 12.1 Å². The van der Waals surface area contributed by atoms with Crippen LogP contribution in [-0.4, -0.2) is 11.0 Å². The third-order valence-electron chi connectivity index (χ3n) is 2.20.